The summed E-state index contributed by atoms with van der Waals surface area (Å²) in [6, 6.07) is 9.75. The van der Waals surface area contributed by atoms with Crippen molar-refractivity contribution in [3.05, 3.63) is 63.2 Å². The second-order valence-corrected chi connectivity index (χ2v) is 7.57. The Labute approximate surface area is 199 Å². The Morgan fingerprint density at radius 1 is 1.00 bits per heavy atom. The molecule has 1 fully saturated rings. The van der Waals surface area contributed by atoms with Crippen LogP contribution in [0.3, 0.4) is 0 Å². The quantitative estimate of drug-likeness (QED) is 0.327. The summed E-state index contributed by atoms with van der Waals surface area (Å²) in [4.78, 5) is 49.9. The topological polar surface area (TPSA) is 129 Å². The molecule has 1 aliphatic heterocycles. The van der Waals surface area contributed by atoms with Gasteiger partial charge in [-0.05, 0) is 43.3 Å². The Balaban J connectivity index is 1.50. The zero-order valence-corrected chi connectivity index (χ0v) is 19.0. The maximum absolute atomic E-state index is 12.3. The van der Waals surface area contributed by atoms with Crippen molar-refractivity contribution in [3.8, 4) is 11.5 Å². The van der Waals surface area contributed by atoms with Crippen LogP contribution in [0, 0.1) is 10.1 Å². The first-order chi connectivity index (χ1) is 16.3. The zero-order chi connectivity index (χ0) is 24.7. The molecule has 1 saturated heterocycles. The third-order valence-electron chi connectivity index (χ3n) is 4.92. The van der Waals surface area contributed by atoms with Gasteiger partial charge in [0, 0.05) is 37.3 Å². The van der Waals surface area contributed by atoms with Crippen molar-refractivity contribution in [2.75, 3.05) is 39.4 Å². The third kappa shape index (κ3) is 6.35. The average molecular weight is 492 g/mol. The van der Waals surface area contributed by atoms with Crippen molar-refractivity contribution in [2.45, 2.75) is 6.92 Å². The first-order valence-corrected chi connectivity index (χ1v) is 10.7. The minimum atomic E-state index is -0.706. The molecule has 0 atom stereocenters. The van der Waals surface area contributed by atoms with Gasteiger partial charge in [0.05, 0.1) is 17.1 Å². The Morgan fingerprint density at radius 3 is 2.26 bits per heavy atom. The van der Waals surface area contributed by atoms with Crippen LogP contribution in [0.25, 0.3) is 0 Å². The van der Waals surface area contributed by atoms with Gasteiger partial charge < -0.3 is 24.0 Å². The normalized spacial score (nSPS) is 13.2. The van der Waals surface area contributed by atoms with E-state index in [1.54, 1.807) is 6.92 Å². The highest BCUT2D eigenvalue weighted by atomic mass is 35.5. The number of amides is 2. The van der Waals surface area contributed by atoms with E-state index >= 15 is 0 Å². The lowest BCUT2D eigenvalue weighted by atomic mass is 10.2. The highest BCUT2D eigenvalue weighted by molar-refractivity contribution is 6.30. The molecule has 2 aromatic carbocycles. The van der Waals surface area contributed by atoms with Crippen LogP contribution >= 0.6 is 11.6 Å². The van der Waals surface area contributed by atoms with E-state index in [4.69, 9.17) is 25.8 Å². The van der Waals surface area contributed by atoms with Crippen molar-refractivity contribution < 1.29 is 33.5 Å². The van der Waals surface area contributed by atoms with Gasteiger partial charge in [-0.25, -0.2) is 9.59 Å². The van der Waals surface area contributed by atoms with Crippen molar-refractivity contribution >= 4 is 35.3 Å². The summed E-state index contributed by atoms with van der Waals surface area (Å²) in [6.07, 6.45) is -0.417. The number of carbonyl (C=O) groups excluding carboxylic acids is 3. The fraction of sp³-hybridized carbons (Fsp3) is 0.318. The molecule has 0 saturated carbocycles. The van der Waals surface area contributed by atoms with Crippen LogP contribution in [0.5, 0.6) is 11.5 Å². The van der Waals surface area contributed by atoms with Gasteiger partial charge >= 0.3 is 17.7 Å². The molecule has 1 heterocycles. The fourth-order valence-electron chi connectivity index (χ4n) is 3.16. The van der Waals surface area contributed by atoms with E-state index in [0.717, 1.165) is 0 Å². The molecule has 0 unspecified atom stereocenters. The minimum Gasteiger partial charge on any atom is -0.452 e. The number of ether oxygens (including phenoxy) is 3. The molecule has 0 N–H and O–H groups in total. The number of nitro benzene ring substituents is 1. The maximum atomic E-state index is 12.3. The second-order valence-electron chi connectivity index (χ2n) is 7.14. The summed E-state index contributed by atoms with van der Waals surface area (Å²) in [5.41, 5.74) is -0.115. The average Bonchev–Trinajstić information content (AvgIpc) is 2.84. The number of hydrogen-bond acceptors (Lipinski definition) is 8. The predicted octanol–water partition coefficient (Wildman–Crippen LogP) is 3.50. The number of rotatable bonds is 7. The van der Waals surface area contributed by atoms with E-state index in [0.29, 0.717) is 26.2 Å². The van der Waals surface area contributed by atoms with Crippen LogP contribution in [0.15, 0.2) is 42.5 Å². The first kappa shape index (κ1) is 24.8. The number of piperazine rings is 1. The fourth-order valence-corrected chi connectivity index (χ4v) is 3.33. The van der Waals surface area contributed by atoms with Crippen molar-refractivity contribution in [3.63, 3.8) is 0 Å². The number of esters is 1. The van der Waals surface area contributed by atoms with Gasteiger partial charge in [0.15, 0.2) is 6.61 Å². The zero-order valence-electron chi connectivity index (χ0n) is 18.3. The molecule has 2 aromatic rings. The number of carbonyl (C=O) groups is 3. The summed E-state index contributed by atoms with van der Waals surface area (Å²) in [5.74, 6) is -0.815. The summed E-state index contributed by atoms with van der Waals surface area (Å²) in [6.45, 7) is 2.88. The molecule has 3 rings (SSSR count). The molecule has 2 amide bonds. The molecule has 34 heavy (non-hydrogen) atoms. The lowest BCUT2D eigenvalue weighted by molar-refractivity contribution is -0.385. The predicted molar refractivity (Wildman–Crippen MR) is 120 cm³/mol. The lowest BCUT2D eigenvalue weighted by Crippen LogP contribution is -2.51. The highest BCUT2D eigenvalue weighted by Gasteiger charge is 2.25. The molecule has 180 valence electrons. The summed E-state index contributed by atoms with van der Waals surface area (Å²) < 4.78 is 15.6. The van der Waals surface area contributed by atoms with Gasteiger partial charge in [0.1, 0.15) is 5.75 Å². The SMILES string of the molecule is CCOC(=O)N1CCN(C(=O)COC(=O)c2ccc(Oc3ccc(Cl)cc3[N+](=O)[O-])cc2)CC1. The largest absolute Gasteiger partial charge is 0.452 e. The van der Waals surface area contributed by atoms with Gasteiger partial charge in [-0.3, -0.25) is 14.9 Å². The molecule has 0 aliphatic carbocycles. The van der Waals surface area contributed by atoms with Crippen LogP contribution in [-0.4, -0.2) is 72.1 Å². The van der Waals surface area contributed by atoms with Gasteiger partial charge in [-0.15, -0.1) is 0 Å². The molecule has 0 radical (unpaired) electrons. The monoisotopic (exact) mass is 491 g/mol. The second kappa shape index (κ2) is 11.3. The number of nitrogens with zero attached hydrogens (tertiary/aromatic N) is 3. The summed E-state index contributed by atoms with van der Waals surface area (Å²) in [5, 5.41) is 11.4. The van der Waals surface area contributed by atoms with Crippen LogP contribution in [0.2, 0.25) is 5.02 Å². The molecule has 0 aromatic heterocycles. The Bertz CT molecular complexity index is 1070. The van der Waals surface area contributed by atoms with Crippen molar-refractivity contribution in [2.24, 2.45) is 0 Å². The molecule has 11 nitrogen and oxygen atoms in total. The minimum absolute atomic E-state index is 0.00150. The number of halogens is 1. The maximum Gasteiger partial charge on any atom is 0.409 e. The van der Waals surface area contributed by atoms with E-state index in [1.165, 1.54) is 52.3 Å². The van der Waals surface area contributed by atoms with Crippen LogP contribution in [0.4, 0.5) is 10.5 Å². The smallest absolute Gasteiger partial charge is 0.409 e. The number of benzene rings is 2. The van der Waals surface area contributed by atoms with E-state index in [-0.39, 0.29) is 40.3 Å². The molecular weight excluding hydrogens is 470 g/mol. The van der Waals surface area contributed by atoms with Gasteiger partial charge in [-0.1, -0.05) is 11.6 Å². The Morgan fingerprint density at radius 2 is 1.65 bits per heavy atom. The Hall–Kier alpha value is -3.86. The number of hydrogen-bond donors (Lipinski definition) is 0. The third-order valence-corrected chi connectivity index (χ3v) is 5.16. The van der Waals surface area contributed by atoms with Crippen LogP contribution in [-0.2, 0) is 14.3 Å². The standard InChI is InChI=1S/C22H22ClN3O8/c1-2-32-22(29)25-11-9-24(10-12-25)20(27)14-33-21(28)15-3-6-17(7-4-15)34-19-8-5-16(23)13-18(19)26(30)31/h3-8,13H,2,9-12,14H2,1H3. The summed E-state index contributed by atoms with van der Waals surface area (Å²) in [7, 11) is 0. The van der Waals surface area contributed by atoms with E-state index in [1.807, 2.05) is 0 Å². The molecular formula is C22H22ClN3O8. The molecule has 0 spiro atoms. The van der Waals surface area contributed by atoms with Gasteiger partial charge in [0.25, 0.3) is 5.91 Å². The van der Waals surface area contributed by atoms with Crippen molar-refractivity contribution in [1.29, 1.82) is 0 Å². The number of nitro groups is 1. The van der Waals surface area contributed by atoms with Gasteiger partial charge in [-0.2, -0.15) is 0 Å². The highest BCUT2D eigenvalue weighted by Crippen LogP contribution is 2.33. The molecule has 12 heteroatoms. The Kier molecular flexibility index (Phi) is 8.25. The van der Waals surface area contributed by atoms with Crippen LogP contribution < -0.4 is 4.74 Å². The first-order valence-electron chi connectivity index (χ1n) is 10.4. The van der Waals surface area contributed by atoms with E-state index in [9.17, 15) is 24.5 Å². The molecule has 1 aliphatic rings. The van der Waals surface area contributed by atoms with Crippen LogP contribution in [0.1, 0.15) is 17.3 Å². The summed E-state index contributed by atoms with van der Waals surface area (Å²) >= 11 is 5.79. The molecule has 0 bridgehead atoms. The van der Waals surface area contributed by atoms with Crippen molar-refractivity contribution in [1.82, 2.24) is 9.80 Å². The van der Waals surface area contributed by atoms with Gasteiger partial charge in [0.2, 0.25) is 5.75 Å². The van der Waals surface area contributed by atoms with E-state index < -0.39 is 23.6 Å². The lowest BCUT2D eigenvalue weighted by Gasteiger charge is -2.33. The van der Waals surface area contributed by atoms with E-state index in [2.05, 4.69) is 0 Å².